The lowest BCUT2D eigenvalue weighted by Crippen LogP contribution is -2.41. The van der Waals surface area contributed by atoms with Crippen molar-refractivity contribution in [2.24, 2.45) is 4.99 Å². The van der Waals surface area contributed by atoms with Gasteiger partial charge in [0, 0.05) is 60.7 Å². The fraction of sp³-hybridized carbons (Fsp3) is 0.923. The molecule has 0 fully saturated rings. The Kier molecular flexibility index (Phi) is 13.0. The molecule has 0 bridgehead atoms. The Morgan fingerprint density at radius 1 is 1.00 bits per heavy atom. The number of likely N-dealkylation sites (N-methyl/N-ethyl adjacent to an activating group) is 1. The number of nitrogens with one attached hydrogen (secondary N) is 2. The van der Waals surface area contributed by atoms with Gasteiger partial charge < -0.3 is 25.0 Å². The third-order valence-corrected chi connectivity index (χ3v) is 2.72. The number of methoxy groups -OCH3 is 2. The molecule has 0 aliphatic heterocycles. The van der Waals surface area contributed by atoms with Crippen LogP contribution in [0.15, 0.2) is 4.99 Å². The van der Waals surface area contributed by atoms with Gasteiger partial charge in [-0.2, -0.15) is 0 Å². The maximum absolute atomic E-state index is 5.03. The lowest BCUT2D eigenvalue weighted by molar-refractivity contribution is 0.180. The maximum Gasteiger partial charge on any atom is 0.191 e. The quantitative estimate of drug-likeness (QED) is 0.319. The van der Waals surface area contributed by atoms with Crippen molar-refractivity contribution in [3.63, 3.8) is 0 Å². The molecule has 2 N–H and O–H groups in total. The molecule has 0 aromatic rings. The third-order valence-electron chi connectivity index (χ3n) is 2.72. The van der Waals surface area contributed by atoms with Crippen LogP contribution in [0.25, 0.3) is 0 Å². The van der Waals surface area contributed by atoms with Crippen LogP contribution in [0, 0.1) is 0 Å². The number of hydrogen-bond acceptors (Lipinski definition) is 4. The molecule has 6 nitrogen and oxygen atoms in total. The van der Waals surface area contributed by atoms with Gasteiger partial charge >= 0.3 is 0 Å². The highest BCUT2D eigenvalue weighted by Gasteiger charge is 2.00. The third kappa shape index (κ3) is 11.9. The Balaban J connectivity index is 3.55. The van der Waals surface area contributed by atoms with Crippen LogP contribution in [0.5, 0.6) is 0 Å². The van der Waals surface area contributed by atoms with Gasteiger partial charge in [0.25, 0.3) is 0 Å². The van der Waals surface area contributed by atoms with E-state index in [2.05, 4.69) is 27.6 Å². The van der Waals surface area contributed by atoms with Crippen molar-refractivity contribution >= 4 is 5.96 Å². The first-order valence-corrected chi connectivity index (χ1v) is 6.85. The van der Waals surface area contributed by atoms with Crippen LogP contribution >= 0.6 is 0 Å². The smallest absolute Gasteiger partial charge is 0.191 e. The predicted octanol–water partition coefficient (Wildman–Crippen LogP) is 0.156. The predicted molar refractivity (Wildman–Crippen MR) is 79.8 cm³/mol. The standard InChI is InChI=1S/C13H30N4O2/c1-14-13(15-7-5-11-18-3)16-8-10-17(2)9-6-12-19-4/h5-12H2,1-4H3,(H2,14,15,16). The van der Waals surface area contributed by atoms with Crippen LogP contribution in [0.3, 0.4) is 0 Å². The number of rotatable bonds is 11. The van der Waals surface area contributed by atoms with E-state index in [4.69, 9.17) is 9.47 Å². The van der Waals surface area contributed by atoms with E-state index in [-0.39, 0.29) is 0 Å². The van der Waals surface area contributed by atoms with Crippen molar-refractivity contribution in [2.75, 3.05) is 67.7 Å². The second-order valence-corrected chi connectivity index (χ2v) is 4.42. The second kappa shape index (κ2) is 13.6. The lowest BCUT2D eigenvalue weighted by Gasteiger charge is -2.18. The highest BCUT2D eigenvalue weighted by Crippen LogP contribution is 1.87. The van der Waals surface area contributed by atoms with Gasteiger partial charge in [-0.25, -0.2) is 0 Å². The van der Waals surface area contributed by atoms with Crippen LogP contribution < -0.4 is 10.6 Å². The summed E-state index contributed by atoms with van der Waals surface area (Å²) in [4.78, 5) is 6.46. The molecule has 0 saturated carbocycles. The second-order valence-electron chi connectivity index (χ2n) is 4.42. The number of hydrogen-bond donors (Lipinski definition) is 2. The summed E-state index contributed by atoms with van der Waals surface area (Å²) in [6.07, 6.45) is 2.05. The van der Waals surface area contributed by atoms with Crippen molar-refractivity contribution in [1.29, 1.82) is 0 Å². The first kappa shape index (κ1) is 18.1. The molecule has 0 heterocycles. The molecule has 0 atom stereocenters. The largest absolute Gasteiger partial charge is 0.385 e. The van der Waals surface area contributed by atoms with E-state index < -0.39 is 0 Å². The molecule has 0 spiro atoms. The van der Waals surface area contributed by atoms with E-state index in [1.165, 1.54) is 0 Å². The zero-order valence-electron chi connectivity index (χ0n) is 12.9. The van der Waals surface area contributed by atoms with E-state index in [1.807, 2.05) is 0 Å². The van der Waals surface area contributed by atoms with Crippen LogP contribution in [0.4, 0.5) is 0 Å². The molecule has 0 aliphatic rings. The summed E-state index contributed by atoms with van der Waals surface area (Å²) in [7, 11) is 7.35. The average molecular weight is 274 g/mol. The monoisotopic (exact) mass is 274 g/mol. The molecular formula is C13H30N4O2. The number of aliphatic imine (C=N–C) groups is 1. The molecule has 0 unspecified atom stereocenters. The van der Waals surface area contributed by atoms with E-state index in [9.17, 15) is 0 Å². The van der Waals surface area contributed by atoms with E-state index >= 15 is 0 Å². The summed E-state index contributed by atoms with van der Waals surface area (Å²) in [6, 6.07) is 0. The number of ether oxygens (including phenoxy) is 2. The molecular weight excluding hydrogens is 244 g/mol. The van der Waals surface area contributed by atoms with Crippen LogP contribution in [-0.4, -0.2) is 78.6 Å². The van der Waals surface area contributed by atoms with Gasteiger partial charge in [0.2, 0.25) is 0 Å². The molecule has 0 amide bonds. The molecule has 114 valence electrons. The molecule has 0 aromatic carbocycles. The molecule has 6 heteroatoms. The highest BCUT2D eigenvalue weighted by molar-refractivity contribution is 5.79. The van der Waals surface area contributed by atoms with Crippen LogP contribution in [0.1, 0.15) is 12.8 Å². The summed E-state index contributed by atoms with van der Waals surface area (Å²) in [5.74, 6) is 0.849. The highest BCUT2D eigenvalue weighted by atomic mass is 16.5. The summed E-state index contributed by atoms with van der Waals surface area (Å²) in [5, 5.41) is 6.54. The van der Waals surface area contributed by atoms with E-state index in [0.717, 1.165) is 58.2 Å². The van der Waals surface area contributed by atoms with Crippen molar-refractivity contribution in [3.05, 3.63) is 0 Å². The Hall–Kier alpha value is -0.850. The fourth-order valence-corrected chi connectivity index (χ4v) is 1.60. The Labute approximate surface area is 117 Å². The van der Waals surface area contributed by atoms with Crippen molar-refractivity contribution in [1.82, 2.24) is 15.5 Å². The maximum atomic E-state index is 5.03. The summed E-state index contributed by atoms with van der Waals surface area (Å²) in [5.41, 5.74) is 0. The molecule has 0 aliphatic carbocycles. The first-order chi connectivity index (χ1) is 9.24. The number of nitrogens with zero attached hydrogens (tertiary/aromatic N) is 2. The summed E-state index contributed by atoms with van der Waals surface area (Å²) >= 11 is 0. The van der Waals surface area contributed by atoms with Gasteiger partial charge in [0.1, 0.15) is 0 Å². The Morgan fingerprint density at radius 2 is 1.63 bits per heavy atom. The lowest BCUT2D eigenvalue weighted by atomic mass is 10.4. The molecule has 0 radical (unpaired) electrons. The first-order valence-electron chi connectivity index (χ1n) is 6.85. The zero-order valence-corrected chi connectivity index (χ0v) is 12.9. The zero-order chi connectivity index (χ0) is 14.3. The average Bonchev–Trinajstić information content (AvgIpc) is 2.41. The Bertz CT molecular complexity index is 225. The summed E-state index contributed by atoms with van der Waals surface area (Å²) in [6.45, 7) is 5.38. The van der Waals surface area contributed by atoms with Crippen molar-refractivity contribution in [3.8, 4) is 0 Å². The van der Waals surface area contributed by atoms with Gasteiger partial charge in [-0.3, -0.25) is 4.99 Å². The normalized spacial score (nSPS) is 11.9. The van der Waals surface area contributed by atoms with E-state index in [0.29, 0.717) is 0 Å². The van der Waals surface area contributed by atoms with Gasteiger partial charge in [-0.05, 0) is 19.9 Å². The van der Waals surface area contributed by atoms with Gasteiger partial charge in [0.15, 0.2) is 5.96 Å². The van der Waals surface area contributed by atoms with Gasteiger partial charge in [-0.15, -0.1) is 0 Å². The Morgan fingerprint density at radius 3 is 2.26 bits per heavy atom. The van der Waals surface area contributed by atoms with E-state index in [1.54, 1.807) is 21.3 Å². The van der Waals surface area contributed by atoms with Gasteiger partial charge in [0.05, 0.1) is 0 Å². The SMILES string of the molecule is CN=C(NCCCOC)NCCN(C)CCCOC. The minimum absolute atomic E-state index is 0.770. The number of guanidine groups is 1. The minimum Gasteiger partial charge on any atom is -0.385 e. The van der Waals surface area contributed by atoms with Crippen molar-refractivity contribution in [2.45, 2.75) is 12.8 Å². The fourth-order valence-electron chi connectivity index (χ4n) is 1.60. The topological polar surface area (TPSA) is 58.1 Å². The molecule has 0 aromatic heterocycles. The van der Waals surface area contributed by atoms with Crippen LogP contribution in [-0.2, 0) is 9.47 Å². The summed E-state index contributed by atoms with van der Waals surface area (Å²) < 4.78 is 10.0. The molecule has 0 rings (SSSR count). The molecule has 0 saturated heterocycles. The van der Waals surface area contributed by atoms with Crippen molar-refractivity contribution < 1.29 is 9.47 Å². The van der Waals surface area contributed by atoms with Crippen LogP contribution in [0.2, 0.25) is 0 Å². The minimum atomic E-state index is 0.770. The molecule has 19 heavy (non-hydrogen) atoms. The van der Waals surface area contributed by atoms with Gasteiger partial charge in [-0.1, -0.05) is 0 Å².